The summed E-state index contributed by atoms with van der Waals surface area (Å²) in [7, 11) is 0. The second kappa shape index (κ2) is 13.2. The van der Waals surface area contributed by atoms with Crippen LogP contribution < -0.4 is 11.1 Å². The molecule has 0 fully saturated rings. The highest BCUT2D eigenvalue weighted by Crippen LogP contribution is 2.22. The molecule has 204 valence electrons. The molecular weight excluding hydrogens is 454 g/mol. The largest absolute Gasteiger partial charge is 0.458 e. The van der Waals surface area contributed by atoms with Gasteiger partial charge in [-0.1, -0.05) is 41.0 Å². The van der Waals surface area contributed by atoms with Gasteiger partial charge in [-0.3, -0.25) is 14.5 Å². The van der Waals surface area contributed by atoms with Crippen LogP contribution in [0.1, 0.15) is 89.0 Å². The molecule has 10 heteroatoms. The molecule has 3 unspecified atom stereocenters. The predicted molar refractivity (Wildman–Crippen MR) is 133 cm³/mol. The normalized spacial score (nSPS) is 15.7. The van der Waals surface area contributed by atoms with E-state index in [9.17, 15) is 24.3 Å². The summed E-state index contributed by atoms with van der Waals surface area (Å²) in [4.78, 5) is 53.7. The lowest BCUT2D eigenvalue weighted by molar-refractivity contribution is -0.173. The monoisotopic (exact) mass is 501 g/mol. The van der Waals surface area contributed by atoms with Crippen LogP contribution >= 0.6 is 0 Å². The van der Waals surface area contributed by atoms with E-state index in [1.165, 1.54) is 0 Å². The van der Waals surface area contributed by atoms with E-state index in [0.29, 0.717) is 11.3 Å². The van der Waals surface area contributed by atoms with Gasteiger partial charge >= 0.3 is 12.1 Å². The third kappa shape index (κ3) is 10.9. The summed E-state index contributed by atoms with van der Waals surface area (Å²) in [6.45, 7) is 18.6. The third-order valence-corrected chi connectivity index (χ3v) is 4.99. The summed E-state index contributed by atoms with van der Waals surface area (Å²) in [6.07, 6.45) is -1.85. The van der Waals surface area contributed by atoms with Crippen molar-refractivity contribution in [3.05, 3.63) is 0 Å². The molecule has 4 N–H and O–H groups in total. The number of imide groups is 1. The molecule has 0 bridgehead atoms. The summed E-state index contributed by atoms with van der Waals surface area (Å²) in [6, 6.07) is -3.73. The number of nitrogens with two attached hydrogens (primary N) is 1. The topological polar surface area (TPSA) is 148 Å². The van der Waals surface area contributed by atoms with E-state index in [4.69, 9.17) is 15.2 Å². The van der Waals surface area contributed by atoms with Crippen molar-refractivity contribution >= 4 is 23.9 Å². The van der Waals surface area contributed by atoms with Gasteiger partial charge in [0, 0.05) is 6.04 Å². The number of hydrogen-bond donors (Lipinski definition) is 3. The molecule has 0 heterocycles. The van der Waals surface area contributed by atoms with Gasteiger partial charge in [0.05, 0.1) is 0 Å². The van der Waals surface area contributed by atoms with Crippen molar-refractivity contribution < 1.29 is 33.8 Å². The van der Waals surface area contributed by atoms with Crippen molar-refractivity contribution in [2.45, 2.75) is 124 Å². The number of carbonyl (C=O) groups excluding carboxylic acids is 4. The fourth-order valence-electron chi connectivity index (χ4n) is 3.20. The molecule has 0 aromatic rings. The Kier molecular flexibility index (Phi) is 12.4. The van der Waals surface area contributed by atoms with E-state index in [0.717, 1.165) is 0 Å². The number of nitrogens with one attached hydrogen (secondary N) is 1. The number of hydrogen-bond acceptors (Lipinski definition) is 8. The summed E-state index contributed by atoms with van der Waals surface area (Å²) in [5.41, 5.74) is 4.61. The van der Waals surface area contributed by atoms with Gasteiger partial charge in [0.15, 0.2) is 6.04 Å². The van der Waals surface area contributed by atoms with Gasteiger partial charge in [-0.25, -0.2) is 9.59 Å². The number of rotatable bonds is 10. The molecule has 0 radical (unpaired) electrons. The molecular formula is C25H47N3O7. The van der Waals surface area contributed by atoms with E-state index < -0.39 is 65.2 Å². The zero-order valence-electron chi connectivity index (χ0n) is 23.3. The van der Waals surface area contributed by atoms with Crippen LogP contribution in [0.5, 0.6) is 0 Å². The highest BCUT2D eigenvalue weighted by molar-refractivity contribution is 6.04. The smallest absolute Gasteiger partial charge is 0.408 e. The molecule has 3 amide bonds. The molecule has 0 aliphatic carbocycles. The lowest BCUT2D eigenvalue weighted by Crippen LogP contribution is -2.65. The summed E-state index contributed by atoms with van der Waals surface area (Å²) in [5, 5.41) is 13.0. The zero-order chi connectivity index (χ0) is 27.9. The van der Waals surface area contributed by atoms with Crippen LogP contribution in [0.15, 0.2) is 0 Å². The molecule has 35 heavy (non-hydrogen) atoms. The Balaban J connectivity index is 6.64. The first-order chi connectivity index (χ1) is 15.7. The Hall–Kier alpha value is -2.20. The van der Waals surface area contributed by atoms with Crippen LogP contribution in [0.25, 0.3) is 0 Å². The second-order valence-corrected chi connectivity index (χ2v) is 11.5. The van der Waals surface area contributed by atoms with Crippen LogP contribution in [-0.2, 0) is 23.9 Å². The van der Waals surface area contributed by atoms with Crippen LogP contribution in [-0.4, -0.2) is 69.3 Å². The molecule has 0 saturated heterocycles. The van der Waals surface area contributed by atoms with Gasteiger partial charge < -0.3 is 25.6 Å². The number of alkyl carbamates (subject to hydrolysis) is 1. The van der Waals surface area contributed by atoms with Gasteiger partial charge in [-0.2, -0.15) is 0 Å². The molecule has 0 aliphatic rings. The second-order valence-electron chi connectivity index (χ2n) is 11.5. The minimum Gasteiger partial charge on any atom is -0.458 e. The van der Waals surface area contributed by atoms with Crippen molar-refractivity contribution in [3.63, 3.8) is 0 Å². The average molecular weight is 502 g/mol. The number of carbonyl (C=O) groups is 4. The van der Waals surface area contributed by atoms with E-state index in [1.807, 2.05) is 0 Å². The standard InChI is InChI=1S/C25H47N3O7/c1-12-13-16(29)20(30)28(19(17(26)14(2)3)22(32)34-24(6,7)8)21(31)18(15(4)5)27-23(33)35-25(9,10)11/h14-19,29H,12-13,26H2,1-11H3,(H,27,33)/t16?,17?,18-,19?/m0/s1. The quantitative estimate of drug-likeness (QED) is 0.387. The van der Waals surface area contributed by atoms with Crippen molar-refractivity contribution in [3.8, 4) is 0 Å². The number of amides is 3. The van der Waals surface area contributed by atoms with Gasteiger partial charge in [0.2, 0.25) is 0 Å². The Morgan fingerprint density at radius 3 is 1.74 bits per heavy atom. The minimum atomic E-state index is -1.54. The van der Waals surface area contributed by atoms with Crippen molar-refractivity contribution in [1.82, 2.24) is 10.2 Å². The molecule has 0 saturated carbocycles. The first-order valence-corrected chi connectivity index (χ1v) is 12.3. The fraction of sp³-hybridized carbons (Fsp3) is 0.840. The number of aliphatic hydroxyl groups is 1. The maximum atomic E-state index is 13.8. The minimum absolute atomic E-state index is 0.0758. The number of esters is 1. The summed E-state index contributed by atoms with van der Waals surface area (Å²) >= 11 is 0. The molecule has 10 nitrogen and oxygen atoms in total. The Morgan fingerprint density at radius 1 is 0.886 bits per heavy atom. The highest BCUT2D eigenvalue weighted by atomic mass is 16.6. The Bertz CT molecular complexity index is 738. The fourth-order valence-corrected chi connectivity index (χ4v) is 3.20. The van der Waals surface area contributed by atoms with E-state index in [-0.39, 0.29) is 12.3 Å². The molecule has 0 rings (SSSR count). The molecule has 0 spiro atoms. The molecule has 0 aliphatic heterocycles. The summed E-state index contributed by atoms with van der Waals surface area (Å²) in [5.74, 6) is -3.53. The van der Waals surface area contributed by atoms with Crippen LogP contribution in [0, 0.1) is 11.8 Å². The van der Waals surface area contributed by atoms with E-state index in [1.54, 1.807) is 76.2 Å². The first kappa shape index (κ1) is 32.8. The third-order valence-electron chi connectivity index (χ3n) is 4.99. The predicted octanol–water partition coefficient (Wildman–Crippen LogP) is 2.75. The van der Waals surface area contributed by atoms with Gasteiger partial charge in [-0.05, 0) is 59.8 Å². The zero-order valence-corrected chi connectivity index (χ0v) is 23.3. The average Bonchev–Trinajstić information content (AvgIpc) is 2.65. The van der Waals surface area contributed by atoms with E-state index in [2.05, 4.69) is 5.32 Å². The first-order valence-electron chi connectivity index (χ1n) is 12.3. The van der Waals surface area contributed by atoms with Crippen LogP contribution in [0.4, 0.5) is 4.79 Å². The maximum absolute atomic E-state index is 13.8. The van der Waals surface area contributed by atoms with E-state index >= 15 is 0 Å². The van der Waals surface area contributed by atoms with Crippen molar-refractivity contribution in [2.75, 3.05) is 0 Å². The Morgan fingerprint density at radius 2 is 1.37 bits per heavy atom. The summed E-state index contributed by atoms with van der Waals surface area (Å²) < 4.78 is 10.8. The molecule has 0 aromatic carbocycles. The van der Waals surface area contributed by atoms with Crippen LogP contribution in [0.3, 0.4) is 0 Å². The molecule has 0 aromatic heterocycles. The highest BCUT2D eigenvalue weighted by Gasteiger charge is 2.46. The lowest BCUT2D eigenvalue weighted by Gasteiger charge is -2.38. The molecule has 4 atom stereocenters. The maximum Gasteiger partial charge on any atom is 0.408 e. The van der Waals surface area contributed by atoms with Gasteiger partial charge in [0.25, 0.3) is 11.8 Å². The van der Waals surface area contributed by atoms with Gasteiger partial charge in [-0.15, -0.1) is 0 Å². The number of ether oxygens (including phenoxy) is 2. The number of nitrogens with zero attached hydrogens (tertiary/aromatic N) is 1. The number of aliphatic hydroxyl groups excluding tert-OH is 1. The van der Waals surface area contributed by atoms with Crippen molar-refractivity contribution in [2.24, 2.45) is 17.6 Å². The Labute approximate surface area is 210 Å². The van der Waals surface area contributed by atoms with Crippen LogP contribution in [0.2, 0.25) is 0 Å². The van der Waals surface area contributed by atoms with Gasteiger partial charge in [0.1, 0.15) is 23.3 Å². The lowest BCUT2D eigenvalue weighted by atomic mass is 9.93. The van der Waals surface area contributed by atoms with Crippen molar-refractivity contribution in [1.29, 1.82) is 0 Å². The SMILES string of the molecule is CCCC(O)C(=O)N(C(=O)[C@@H](NC(=O)OC(C)(C)C)C(C)C)C(C(=O)OC(C)(C)C)C(N)C(C)C.